The minimum Gasteiger partial charge on any atom is -0.387 e. The van der Waals surface area contributed by atoms with Gasteiger partial charge in [-0.3, -0.25) is 5.41 Å². The molecule has 0 bridgehead atoms. The normalized spacial score (nSPS) is 27.4. The molecule has 1 saturated carbocycles. The lowest BCUT2D eigenvalue weighted by Gasteiger charge is -2.20. The van der Waals surface area contributed by atoms with Gasteiger partial charge in [0.25, 0.3) is 0 Å². The Balaban J connectivity index is 2.55. The maximum absolute atomic E-state index is 13.7. The van der Waals surface area contributed by atoms with Crippen LogP contribution in [0.15, 0.2) is 24.3 Å². The molecule has 1 aromatic carbocycles. The van der Waals surface area contributed by atoms with Crippen LogP contribution in [0.2, 0.25) is 0 Å². The Hall–Kier alpha value is -1.38. The van der Waals surface area contributed by atoms with Crippen molar-refractivity contribution in [1.29, 1.82) is 5.41 Å². The molecular formula is C12H15FN2. The van der Waals surface area contributed by atoms with Crippen LogP contribution in [0.3, 0.4) is 0 Å². The van der Waals surface area contributed by atoms with Crippen LogP contribution in [0.25, 0.3) is 0 Å². The number of hydrogen-bond acceptors (Lipinski definition) is 1. The zero-order valence-electron chi connectivity index (χ0n) is 8.97. The van der Waals surface area contributed by atoms with Crippen molar-refractivity contribution in [2.75, 3.05) is 0 Å². The molecule has 1 fully saturated rings. The van der Waals surface area contributed by atoms with Gasteiger partial charge in [0.2, 0.25) is 0 Å². The standard InChI is InChI=1S/C12H15FN2/c1-11(2)7-12(11,10(14)15)8-5-3-4-6-9(8)13/h3-6H,7H2,1-2H3,(H3,14,15). The molecule has 1 aromatic rings. The van der Waals surface area contributed by atoms with E-state index in [1.165, 1.54) is 6.07 Å². The van der Waals surface area contributed by atoms with Crippen LogP contribution in [0, 0.1) is 16.6 Å². The summed E-state index contributed by atoms with van der Waals surface area (Å²) in [6.45, 7) is 4.03. The fourth-order valence-corrected chi connectivity index (χ4v) is 2.49. The highest BCUT2D eigenvalue weighted by Gasteiger charge is 2.65. The first kappa shape index (κ1) is 10.1. The van der Waals surface area contributed by atoms with Gasteiger partial charge in [-0.1, -0.05) is 32.0 Å². The van der Waals surface area contributed by atoms with Gasteiger partial charge in [0.05, 0.1) is 5.41 Å². The molecule has 0 saturated heterocycles. The molecule has 1 aliphatic carbocycles. The number of benzene rings is 1. The van der Waals surface area contributed by atoms with Crippen LogP contribution >= 0.6 is 0 Å². The summed E-state index contributed by atoms with van der Waals surface area (Å²) in [5, 5.41) is 7.66. The minimum atomic E-state index is -0.585. The monoisotopic (exact) mass is 206 g/mol. The second-order valence-corrected chi connectivity index (χ2v) is 4.86. The summed E-state index contributed by atoms with van der Waals surface area (Å²) in [6.07, 6.45) is 0.746. The van der Waals surface area contributed by atoms with Gasteiger partial charge >= 0.3 is 0 Å². The van der Waals surface area contributed by atoms with Crippen molar-refractivity contribution in [3.63, 3.8) is 0 Å². The summed E-state index contributed by atoms with van der Waals surface area (Å²) < 4.78 is 13.7. The van der Waals surface area contributed by atoms with Gasteiger partial charge in [0.15, 0.2) is 0 Å². The zero-order chi connectivity index (χ0) is 11.3. The largest absolute Gasteiger partial charge is 0.387 e. The Labute approximate surface area is 88.8 Å². The number of halogens is 1. The van der Waals surface area contributed by atoms with E-state index in [0.717, 1.165) is 6.42 Å². The highest BCUT2D eigenvalue weighted by molar-refractivity contribution is 5.94. The van der Waals surface area contributed by atoms with Gasteiger partial charge in [-0.15, -0.1) is 0 Å². The first-order valence-electron chi connectivity index (χ1n) is 5.01. The van der Waals surface area contributed by atoms with Gasteiger partial charge in [-0.05, 0) is 17.9 Å². The van der Waals surface area contributed by atoms with E-state index in [1.54, 1.807) is 18.2 Å². The second kappa shape index (κ2) is 2.81. The zero-order valence-corrected chi connectivity index (χ0v) is 8.97. The third kappa shape index (κ3) is 1.19. The molecule has 3 heteroatoms. The van der Waals surface area contributed by atoms with E-state index >= 15 is 0 Å². The Morgan fingerprint density at radius 3 is 2.33 bits per heavy atom. The van der Waals surface area contributed by atoms with Crippen molar-refractivity contribution in [1.82, 2.24) is 0 Å². The summed E-state index contributed by atoms with van der Waals surface area (Å²) in [6, 6.07) is 6.60. The fourth-order valence-electron chi connectivity index (χ4n) is 2.49. The van der Waals surface area contributed by atoms with E-state index in [9.17, 15) is 4.39 Å². The Kier molecular flexibility index (Phi) is 1.90. The van der Waals surface area contributed by atoms with Crippen molar-refractivity contribution < 1.29 is 4.39 Å². The molecule has 15 heavy (non-hydrogen) atoms. The lowest BCUT2D eigenvalue weighted by Crippen LogP contribution is -2.32. The summed E-state index contributed by atoms with van der Waals surface area (Å²) >= 11 is 0. The summed E-state index contributed by atoms with van der Waals surface area (Å²) in [4.78, 5) is 0. The van der Waals surface area contributed by atoms with Crippen molar-refractivity contribution in [2.45, 2.75) is 25.7 Å². The Morgan fingerprint density at radius 2 is 1.93 bits per heavy atom. The summed E-state index contributed by atoms with van der Waals surface area (Å²) in [5.41, 5.74) is 5.49. The highest BCUT2D eigenvalue weighted by atomic mass is 19.1. The smallest absolute Gasteiger partial charge is 0.127 e. The van der Waals surface area contributed by atoms with E-state index in [4.69, 9.17) is 11.1 Å². The summed E-state index contributed by atoms with van der Waals surface area (Å²) in [7, 11) is 0. The van der Waals surface area contributed by atoms with E-state index in [0.29, 0.717) is 5.56 Å². The van der Waals surface area contributed by atoms with Crippen LogP contribution in [-0.4, -0.2) is 5.84 Å². The minimum absolute atomic E-state index is 0.0672. The van der Waals surface area contributed by atoms with Gasteiger partial charge in [-0.2, -0.15) is 0 Å². The maximum atomic E-state index is 13.7. The molecule has 0 heterocycles. The highest BCUT2D eigenvalue weighted by Crippen LogP contribution is 2.64. The molecular weight excluding hydrogens is 191 g/mol. The number of nitrogens with one attached hydrogen (secondary N) is 1. The van der Waals surface area contributed by atoms with E-state index in [1.807, 2.05) is 13.8 Å². The predicted octanol–water partition coefficient (Wildman–Crippen LogP) is 2.43. The average molecular weight is 206 g/mol. The van der Waals surface area contributed by atoms with Crippen molar-refractivity contribution in [3.8, 4) is 0 Å². The molecule has 0 spiro atoms. The third-order valence-corrected chi connectivity index (χ3v) is 3.53. The molecule has 0 aromatic heterocycles. The van der Waals surface area contributed by atoms with E-state index < -0.39 is 5.41 Å². The second-order valence-electron chi connectivity index (χ2n) is 4.86. The van der Waals surface area contributed by atoms with Gasteiger partial charge in [-0.25, -0.2) is 4.39 Å². The number of nitrogens with two attached hydrogens (primary N) is 1. The van der Waals surface area contributed by atoms with Crippen molar-refractivity contribution in [3.05, 3.63) is 35.6 Å². The first-order valence-corrected chi connectivity index (χ1v) is 5.01. The quantitative estimate of drug-likeness (QED) is 0.566. The lowest BCUT2D eigenvalue weighted by molar-refractivity contribution is 0.541. The van der Waals surface area contributed by atoms with Crippen LogP contribution in [0.1, 0.15) is 25.8 Å². The molecule has 0 aliphatic heterocycles. The van der Waals surface area contributed by atoms with Crippen LogP contribution < -0.4 is 5.73 Å². The van der Waals surface area contributed by atoms with Gasteiger partial charge in [0, 0.05) is 5.56 Å². The maximum Gasteiger partial charge on any atom is 0.127 e. The molecule has 2 nitrogen and oxygen atoms in total. The molecule has 3 N–H and O–H groups in total. The Morgan fingerprint density at radius 1 is 1.40 bits per heavy atom. The topological polar surface area (TPSA) is 49.9 Å². The predicted molar refractivity (Wildman–Crippen MR) is 58.4 cm³/mol. The SMILES string of the molecule is CC1(C)CC1(C(=N)N)c1ccccc1F. The van der Waals surface area contributed by atoms with Crippen LogP contribution in [-0.2, 0) is 5.41 Å². The Bertz CT molecular complexity index is 425. The molecule has 2 rings (SSSR count). The molecule has 80 valence electrons. The van der Waals surface area contributed by atoms with Gasteiger partial charge < -0.3 is 5.73 Å². The molecule has 1 atom stereocenters. The van der Waals surface area contributed by atoms with Crippen LogP contribution in [0.5, 0.6) is 0 Å². The number of amidine groups is 1. The van der Waals surface area contributed by atoms with E-state index in [2.05, 4.69) is 0 Å². The molecule has 0 radical (unpaired) electrons. The number of hydrogen-bond donors (Lipinski definition) is 2. The summed E-state index contributed by atoms with van der Waals surface area (Å²) in [5.74, 6) is -0.198. The third-order valence-electron chi connectivity index (χ3n) is 3.53. The van der Waals surface area contributed by atoms with Gasteiger partial charge in [0.1, 0.15) is 11.7 Å². The van der Waals surface area contributed by atoms with Crippen molar-refractivity contribution in [2.24, 2.45) is 11.1 Å². The van der Waals surface area contributed by atoms with E-state index in [-0.39, 0.29) is 17.1 Å². The molecule has 1 aliphatic rings. The number of rotatable bonds is 2. The molecule has 0 amide bonds. The van der Waals surface area contributed by atoms with Crippen LogP contribution in [0.4, 0.5) is 4.39 Å². The lowest BCUT2D eigenvalue weighted by atomic mass is 9.86. The van der Waals surface area contributed by atoms with Crippen molar-refractivity contribution >= 4 is 5.84 Å². The molecule has 1 unspecified atom stereocenters. The first-order chi connectivity index (χ1) is 6.92. The average Bonchev–Trinajstić information content (AvgIpc) is 2.71. The fraction of sp³-hybridized carbons (Fsp3) is 0.417.